The molecule has 33 heavy (non-hydrogen) atoms. The number of phenolic OH excluding ortho intramolecular Hbond substituents is 1. The number of ether oxygens (including phenoxy) is 2. The summed E-state index contributed by atoms with van der Waals surface area (Å²) in [5.41, 5.74) is 3.18. The van der Waals surface area contributed by atoms with Crippen LogP contribution in [-0.2, 0) is 13.1 Å². The number of hydrogen-bond donors (Lipinski definition) is 1. The molecule has 1 N–H and O–H groups in total. The third-order valence-corrected chi connectivity index (χ3v) is 6.79. The van der Waals surface area contributed by atoms with Crippen LogP contribution >= 0.6 is 0 Å². The van der Waals surface area contributed by atoms with E-state index in [9.17, 15) is 9.90 Å². The number of rotatable bonds is 5. The molecular weight excluding hydrogens is 416 g/mol. The first-order valence-electron chi connectivity index (χ1n) is 11.7. The molecule has 0 unspecified atom stereocenters. The van der Waals surface area contributed by atoms with Gasteiger partial charge in [-0.3, -0.25) is 9.69 Å². The predicted octanol–water partition coefficient (Wildman–Crippen LogP) is 5.22. The maximum Gasteiger partial charge on any atom is 0.231 e. The van der Waals surface area contributed by atoms with Gasteiger partial charge in [0.05, 0.1) is 18.2 Å². The zero-order chi connectivity index (χ0) is 23.1. The molecule has 2 aliphatic rings. The van der Waals surface area contributed by atoms with Gasteiger partial charge in [-0.25, -0.2) is 0 Å². The first-order chi connectivity index (χ1) is 16.0. The molecule has 6 heteroatoms. The molecule has 0 aliphatic carbocycles. The van der Waals surface area contributed by atoms with Crippen LogP contribution < -0.4 is 9.47 Å². The topological polar surface area (TPSA) is 63.9 Å². The van der Waals surface area contributed by atoms with Crippen molar-refractivity contribution >= 4 is 22.8 Å². The highest BCUT2D eigenvalue weighted by Gasteiger charge is 2.32. The van der Waals surface area contributed by atoms with Gasteiger partial charge in [-0.15, -0.1) is 0 Å². The van der Waals surface area contributed by atoms with Crippen molar-refractivity contribution in [2.24, 2.45) is 5.92 Å². The Morgan fingerprint density at radius 3 is 2.88 bits per heavy atom. The van der Waals surface area contributed by atoms with Gasteiger partial charge < -0.3 is 19.1 Å². The van der Waals surface area contributed by atoms with E-state index in [4.69, 9.17) is 9.47 Å². The van der Waals surface area contributed by atoms with Crippen molar-refractivity contribution in [2.75, 3.05) is 20.2 Å². The minimum Gasteiger partial charge on any atom is -0.507 e. The normalized spacial score (nSPS) is 19.8. The molecule has 0 amide bonds. The molecule has 0 spiro atoms. The zero-order valence-corrected chi connectivity index (χ0v) is 19.4. The van der Waals surface area contributed by atoms with E-state index in [0.29, 0.717) is 29.3 Å². The Labute approximate surface area is 194 Å². The molecule has 2 aromatic carbocycles. The molecule has 5 rings (SSSR count). The number of carbonyl (C=O) groups excluding carboxylic acids is 1. The predicted molar refractivity (Wildman–Crippen MR) is 129 cm³/mol. The monoisotopic (exact) mass is 446 g/mol. The molecule has 2 aliphatic heterocycles. The van der Waals surface area contributed by atoms with Gasteiger partial charge in [-0.1, -0.05) is 6.92 Å². The zero-order valence-electron chi connectivity index (χ0n) is 19.4. The van der Waals surface area contributed by atoms with E-state index in [1.54, 1.807) is 25.3 Å². The van der Waals surface area contributed by atoms with Crippen molar-refractivity contribution in [2.45, 2.75) is 39.8 Å². The molecule has 0 saturated carbocycles. The van der Waals surface area contributed by atoms with Crippen LogP contribution in [0.4, 0.5) is 0 Å². The van der Waals surface area contributed by atoms with Gasteiger partial charge in [0.2, 0.25) is 5.78 Å². The first-order valence-corrected chi connectivity index (χ1v) is 11.7. The fourth-order valence-electron chi connectivity index (χ4n) is 5.05. The standard InChI is InChI=1S/C27H30N2O4/c1-4-29-15-18(21-13-19(32-3)7-9-23(21)29)12-25-26(31)20-8-10-24(30)22(27(20)33-25)16-28-11-5-6-17(2)14-28/h7-10,12-13,15,17,30H,4-6,11,14,16H2,1-3H3/b25-12+/t17-/m0/s1. The number of aromatic nitrogens is 1. The summed E-state index contributed by atoms with van der Waals surface area (Å²) in [6, 6.07) is 9.22. The van der Waals surface area contributed by atoms with E-state index < -0.39 is 0 Å². The average Bonchev–Trinajstić information content (AvgIpc) is 3.33. The maximum atomic E-state index is 13.2. The molecule has 0 bridgehead atoms. The lowest BCUT2D eigenvalue weighted by Gasteiger charge is -2.31. The lowest BCUT2D eigenvalue weighted by Crippen LogP contribution is -2.33. The Bertz CT molecular complexity index is 1260. The molecule has 6 nitrogen and oxygen atoms in total. The third-order valence-electron chi connectivity index (χ3n) is 6.79. The van der Waals surface area contributed by atoms with Crippen molar-refractivity contribution in [3.63, 3.8) is 0 Å². The minimum absolute atomic E-state index is 0.154. The van der Waals surface area contributed by atoms with Gasteiger partial charge in [0.25, 0.3) is 0 Å². The molecule has 1 atom stereocenters. The summed E-state index contributed by atoms with van der Waals surface area (Å²) in [5, 5.41) is 11.6. The number of aryl methyl sites for hydroxylation is 1. The number of hydrogen-bond acceptors (Lipinski definition) is 5. The van der Waals surface area contributed by atoms with Gasteiger partial charge in [-0.2, -0.15) is 0 Å². The van der Waals surface area contributed by atoms with Crippen LogP contribution in [0, 0.1) is 5.92 Å². The second-order valence-electron chi connectivity index (χ2n) is 9.12. The summed E-state index contributed by atoms with van der Waals surface area (Å²) >= 11 is 0. The molecule has 0 radical (unpaired) electrons. The minimum atomic E-state index is -0.154. The molecule has 3 heterocycles. The number of benzene rings is 2. The van der Waals surface area contributed by atoms with E-state index in [-0.39, 0.29) is 17.3 Å². The largest absolute Gasteiger partial charge is 0.507 e. The Morgan fingerprint density at radius 1 is 1.27 bits per heavy atom. The number of ketones is 1. The van der Waals surface area contributed by atoms with Crippen molar-refractivity contribution < 1.29 is 19.4 Å². The third kappa shape index (κ3) is 3.89. The lowest BCUT2D eigenvalue weighted by atomic mass is 9.99. The van der Waals surface area contributed by atoms with Gasteiger partial charge in [-0.05, 0) is 68.6 Å². The lowest BCUT2D eigenvalue weighted by molar-refractivity contribution is 0.101. The molecule has 1 saturated heterocycles. The van der Waals surface area contributed by atoms with Crippen LogP contribution in [-0.4, -0.2) is 40.6 Å². The number of nitrogens with zero attached hydrogens (tertiary/aromatic N) is 2. The van der Waals surface area contributed by atoms with E-state index in [0.717, 1.165) is 48.3 Å². The number of aromatic hydroxyl groups is 1. The van der Waals surface area contributed by atoms with Crippen LogP contribution in [0.1, 0.15) is 48.2 Å². The number of fused-ring (bicyclic) bond motifs is 2. The van der Waals surface area contributed by atoms with Crippen LogP contribution in [0.2, 0.25) is 0 Å². The molecule has 1 fully saturated rings. The molecule has 172 valence electrons. The highest BCUT2D eigenvalue weighted by atomic mass is 16.5. The number of Topliss-reactive ketones (excluding diaryl/α,β-unsaturated/α-hetero) is 1. The number of methoxy groups -OCH3 is 1. The Morgan fingerprint density at radius 2 is 2.12 bits per heavy atom. The smallest absolute Gasteiger partial charge is 0.231 e. The van der Waals surface area contributed by atoms with Crippen molar-refractivity contribution in [3.05, 3.63) is 59.0 Å². The van der Waals surface area contributed by atoms with Gasteiger partial charge in [0, 0.05) is 42.3 Å². The van der Waals surface area contributed by atoms with E-state index in [1.807, 2.05) is 24.4 Å². The van der Waals surface area contributed by atoms with Gasteiger partial charge >= 0.3 is 0 Å². The van der Waals surface area contributed by atoms with Crippen LogP contribution in [0.25, 0.3) is 17.0 Å². The van der Waals surface area contributed by atoms with E-state index in [2.05, 4.69) is 23.3 Å². The van der Waals surface area contributed by atoms with Crippen LogP contribution in [0.3, 0.4) is 0 Å². The number of phenols is 1. The maximum absolute atomic E-state index is 13.2. The van der Waals surface area contributed by atoms with Gasteiger partial charge in [0.15, 0.2) is 5.76 Å². The number of piperidine rings is 1. The van der Waals surface area contributed by atoms with Crippen molar-refractivity contribution in [1.29, 1.82) is 0 Å². The highest BCUT2D eigenvalue weighted by molar-refractivity contribution is 6.15. The molecule has 1 aromatic heterocycles. The Hall–Kier alpha value is -3.25. The second kappa shape index (κ2) is 8.60. The number of likely N-dealkylation sites (tertiary alicyclic amines) is 1. The summed E-state index contributed by atoms with van der Waals surface area (Å²) in [6.45, 7) is 7.70. The van der Waals surface area contributed by atoms with Crippen LogP contribution in [0.5, 0.6) is 17.2 Å². The van der Waals surface area contributed by atoms with E-state index >= 15 is 0 Å². The Balaban J connectivity index is 1.52. The second-order valence-corrected chi connectivity index (χ2v) is 9.12. The summed E-state index contributed by atoms with van der Waals surface area (Å²) in [4.78, 5) is 15.6. The average molecular weight is 447 g/mol. The molecule has 3 aromatic rings. The summed E-state index contributed by atoms with van der Waals surface area (Å²) in [5.74, 6) is 2.18. The van der Waals surface area contributed by atoms with Gasteiger partial charge in [0.1, 0.15) is 17.2 Å². The molecular formula is C27H30N2O4. The number of carbonyl (C=O) groups is 1. The quantitative estimate of drug-likeness (QED) is 0.544. The fraction of sp³-hybridized carbons (Fsp3) is 0.370. The van der Waals surface area contributed by atoms with E-state index in [1.165, 1.54) is 6.42 Å². The fourth-order valence-corrected chi connectivity index (χ4v) is 5.05. The summed E-state index contributed by atoms with van der Waals surface area (Å²) in [6.07, 6.45) is 6.21. The van der Waals surface area contributed by atoms with Crippen molar-refractivity contribution in [1.82, 2.24) is 9.47 Å². The summed E-state index contributed by atoms with van der Waals surface area (Å²) in [7, 11) is 1.65. The highest BCUT2D eigenvalue weighted by Crippen LogP contribution is 2.41. The first kappa shape index (κ1) is 21.6. The SMILES string of the molecule is CCn1cc(/C=C2/Oc3c(ccc(O)c3CN3CCC[C@H](C)C3)C2=O)c2cc(OC)ccc21. The number of allylic oxidation sites excluding steroid dienone is 1. The Kier molecular flexibility index (Phi) is 5.62. The van der Waals surface area contributed by atoms with Crippen LogP contribution in [0.15, 0.2) is 42.3 Å². The summed E-state index contributed by atoms with van der Waals surface area (Å²) < 4.78 is 13.7. The van der Waals surface area contributed by atoms with Crippen molar-refractivity contribution in [3.8, 4) is 17.2 Å².